The molecule has 1 aromatic carbocycles. The van der Waals surface area contributed by atoms with Crippen molar-refractivity contribution >= 4 is 23.4 Å². The number of rotatable bonds is 4. The van der Waals surface area contributed by atoms with Crippen LogP contribution in [0.3, 0.4) is 0 Å². The summed E-state index contributed by atoms with van der Waals surface area (Å²) < 4.78 is 4.76. The van der Waals surface area contributed by atoms with Crippen molar-refractivity contribution in [3.8, 4) is 0 Å². The van der Waals surface area contributed by atoms with Gasteiger partial charge < -0.3 is 10.1 Å². The maximum Gasteiger partial charge on any atom is 0.411 e. The van der Waals surface area contributed by atoms with E-state index in [9.17, 15) is 9.59 Å². The number of nitrogens with one attached hydrogen (secondary N) is 3. The van der Waals surface area contributed by atoms with E-state index in [2.05, 4.69) is 25.8 Å². The van der Waals surface area contributed by atoms with E-state index in [1.54, 1.807) is 38.1 Å². The molecule has 2 rings (SSSR count). The highest BCUT2D eigenvalue weighted by Gasteiger charge is 2.11. The van der Waals surface area contributed by atoms with Crippen LogP contribution in [0.1, 0.15) is 23.4 Å². The van der Waals surface area contributed by atoms with Gasteiger partial charge in [-0.15, -0.1) is 5.10 Å². The molecule has 1 aromatic heterocycles. The fourth-order valence-corrected chi connectivity index (χ4v) is 1.55. The van der Waals surface area contributed by atoms with Crippen molar-refractivity contribution in [2.24, 2.45) is 0 Å². The van der Waals surface area contributed by atoms with Gasteiger partial charge in [0.15, 0.2) is 0 Å². The van der Waals surface area contributed by atoms with E-state index in [1.807, 2.05) is 0 Å². The van der Waals surface area contributed by atoms with E-state index in [0.717, 1.165) is 0 Å². The predicted octanol–water partition coefficient (Wildman–Crippen LogP) is 1.93. The van der Waals surface area contributed by atoms with Crippen molar-refractivity contribution in [1.82, 2.24) is 15.2 Å². The van der Waals surface area contributed by atoms with Gasteiger partial charge in [-0.2, -0.15) is 0 Å². The molecule has 1 heterocycles. The topological polar surface area (TPSA) is 109 Å². The molecule has 2 aromatic rings. The SMILES string of the molecule is CCOC(=O)Nc1ccc(NC(=O)c2n[nH]c(C)n2)cc1. The van der Waals surface area contributed by atoms with E-state index < -0.39 is 12.0 Å². The van der Waals surface area contributed by atoms with Crippen LogP contribution < -0.4 is 10.6 Å². The van der Waals surface area contributed by atoms with Crippen LogP contribution in [-0.2, 0) is 4.74 Å². The van der Waals surface area contributed by atoms with Gasteiger partial charge in [-0.3, -0.25) is 15.2 Å². The zero-order valence-corrected chi connectivity index (χ0v) is 11.6. The Hall–Kier alpha value is -2.90. The van der Waals surface area contributed by atoms with Crippen LogP contribution in [0.4, 0.5) is 16.2 Å². The molecule has 0 saturated heterocycles. The summed E-state index contributed by atoms with van der Waals surface area (Å²) in [6.45, 7) is 3.73. The van der Waals surface area contributed by atoms with Gasteiger partial charge in [0.05, 0.1) is 6.61 Å². The quantitative estimate of drug-likeness (QED) is 0.796. The monoisotopic (exact) mass is 289 g/mol. The molecule has 0 aliphatic heterocycles. The number of benzene rings is 1. The highest BCUT2D eigenvalue weighted by Crippen LogP contribution is 2.14. The van der Waals surface area contributed by atoms with Gasteiger partial charge in [-0.05, 0) is 38.1 Å². The Labute approximate surface area is 120 Å². The Bertz CT molecular complexity index is 636. The number of H-pyrrole nitrogens is 1. The summed E-state index contributed by atoms with van der Waals surface area (Å²) in [5.74, 6) is 0.223. The summed E-state index contributed by atoms with van der Waals surface area (Å²) in [4.78, 5) is 27.0. The van der Waals surface area contributed by atoms with Gasteiger partial charge >= 0.3 is 6.09 Å². The first-order valence-corrected chi connectivity index (χ1v) is 6.32. The first-order valence-electron chi connectivity index (χ1n) is 6.32. The number of nitrogens with zero attached hydrogens (tertiary/aromatic N) is 2. The van der Waals surface area contributed by atoms with Gasteiger partial charge in [0.2, 0.25) is 5.82 Å². The third-order valence-corrected chi connectivity index (χ3v) is 2.46. The van der Waals surface area contributed by atoms with Crippen LogP contribution in [0.5, 0.6) is 0 Å². The maximum atomic E-state index is 11.8. The van der Waals surface area contributed by atoms with Gasteiger partial charge in [0, 0.05) is 11.4 Å². The summed E-state index contributed by atoms with van der Waals surface area (Å²) >= 11 is 0. The van der Waals surface area contributed by atoms with Gasteiger partial charge in [0.1, 0.15) is 5.82 Å². The largest absolute Gasteiger partial charge is 0.450 e. The maximum absolute atomic E-state index is 11.8. The van der Waals surface area contributed by atoms with Crippen molar-refractivity contribution < 1.29 is 14.3 Å². The number of aryl methyl sites for hydroxylation is 1. The number of carbonyl (C=O) groups is 2. The number of carbonyl (C=O) groups excluding carboxylic acids is 2. The molecule has 0 atom stereocenters. The highest BCUT2D eigenvalue weighted by atomic mass is 16.5. The molecule has 0 aliphatic rings. The minimum atomic E-state index is -0.523. The Kier molecular flexibility index (Phi) is 4.50. The van der Waals surface area contributed by atoms with Crippen LogP contribution in [0.25, 0.3) is 0 Å². The lowest BCUT2D eigenvalue weighted by molar-refractivity contribution is 0.101. The molecule has 0 fully saturated rings. The summed E-state index contributed by atoms with van der Waals surface area (Å²) in [5, 5.41) is 11.6. The minimum absolute atomic E-state index is 0.0706. The van der Waals surface area contributed by atoms with Gasteiger partial charge in [-0.25, -0.2) is 9.78 Å². The Morgan fingerprint density at radius 2 is 1.81 bits per heavy atom. The number of hydrogen-bond donors (Lipinski definition) is 3. The van der Waals surface area contributed by atoms with Gasteiger partial charge in [-0.1, -0.05) is 0 Å². The molecule has 0 unspecified atom stereocenters. The molecule has 8 nitrogen and oxygen atoms in total. The van der Waals surface area contributed by atoms with Crippen LogP contribution in [-0.4, -0.2) is 33.8 Å². The third-order valence-electron chi connectivity index (χ3n) is 2.46. The highest BCUT2D eigenvalue weighted by molar-refractivity contribution is 6.01. The number of anilines is 2. The van der Waals surface area contributed by atoms with E-state index in [1.165, 1.54) is 0 Å². The molecular weight excluding hydrogens is 274 g/mol. The zero-order valence-electron chi connectivity index (χ0n) is 11.6. The van der Waals surface area contributed by atoms with Crippen LogP contribution in [0.15, 0.2) is 24.3 Å². The van der Waals surface area contributed by atoms with Crippen molar-refractivity contribution in [1.29, 1.82) is 0 Å². The molecule has 0 saturated carbocycles. The fourth-order valence-electron chi connectivity index (χ4n) is 1.55. The molecular formula is C13H15N5O3. The molecule has 0 spiro atoms. The lowest BCUT2D eigenvalue weighted by Crippen LogP contribution is -2.15. The smallest absolute Gasteiger partial charge is 0.411 e. The molecule has 110 valence electrons. The van der Waals surface area contributed by atoms with E-state index >= 15 is 0 Å². The van der Waals surface area contributed by atoms with Gasteiger partial charge in [0.25, 0.3) is 5.91 Å². The number of hydrogen-bond acceptors (Lipinski definition) is 5. The van der Waals surface area contributed by atoms with E-state index in [-0.39, 0.29) is 5.82 Å². The molecule has 0 bridgehead atoms. The van der Waals surface area contributed by atoms with Crippen molar-refractivity contribution in [3.63, 3.8) is 0 Å². The Morgan fingerprint density at radius 3 is 2.33 bits per heavy atom. The van der Waals surface area contributed by atoms with Crippen molar-refractivity contribution in [2.75, 3.05) is 17.2 Å². The standard InChI is InChI=1S/C13H15N5O3/c1-3-21-13(20)16-10-6-4-9(5-7-10)15-12(19)11-14-8(2)17-18-11/h4-7H,3H2,1-2H3,(H,15,19)(H,16,20)(H,14,17,18). The summed E-state index contributed by atoms with van der Waals surface area (Å²) in [7, 11) is 0. The number of amides is 2. The second kappa shape index (κ2) is 6.51. The summed E-state index contributed by atoms with van der Waals surface area (Å²) in [5.41, 5.74) is 1.14. The molecule has 2 amide bonds. The first kappa shape index (κ1) is 14.5. The van der Waals surface area contributed by atoms with E-state index in [4.69, 9.17) is 4.74 Å². The Balaban J connectivity index is 1.96. The second-order valence-electron chi connectivity index (χ2n) is 4.12. The van der Waals surface area contributed by atoms with Crippen LogP contribution in [0, 0.1) is 6.92 Å². The molecule has 21 heavy (non-hydrogen) atoms. The average molecular weight is 289 g/mol. The average Bonchev–Trinajstić information content (AvgIpc) is 2.88. The first-order chi connectivity index (χ1) is 10.1. The zero-order chi connectivity index (χ0) is 15.2. The molecule has 8 heteroatoms. The van der Waals surface area contributed by atoms with Crippen LogP contribution in [0.2, 0.25) is 0 Å². The lowest BCUT2D eigenvalue weighted by Gasteiger charge is -2.06. The minimum Gasteiger partial charge on any atom is -0.450 e. The van der Waals surface area contributed by atoms with Crippen molar-refractivity contribution in [2.45, 2.75) is 13.8 Å². The number of aromatic nitrogens is 3. The number of aromatic amines is 1. The normalized spacial score (nSPS) is 10.0. The lowest BCUT2D eigenvalue weighted by atomic mass is 10.3. The fraction of sp³-hybridized carbons (Fsp3) is 0.231. The van der Waals surface area contributed by atoms with E-state index in [0.29, 0.717) is 23.8 Å². The predicted molar refractivity (Wildman–Crippen MR) is 76.2 cm³/mol. The summed E-state index contributed by atoms with van der Waals surface area (Å²) in [6, 6.07) is 6.60. The van der Waals surface area contributed by atoms with Crippen molar-refractivity contribution in [3.05, 3.63) is 35.9 Å². The third kappa shape index (κ3) is 4.03. The summed E-state index contributed by atoms with van der Waals surface area (Å²) in [6.07, 6.45) is -0.523. The Morgan fingerprint density at radius 1 is 1.19 bits per heavy atom. The second-order valence-corrected chi connectivity index (χ2v) is 4.12. The number of ether oxygens (including phenoxy) is 1. The molecule has 0 radical (unpaired) electrons. The van der Waals surface area contributed by atoms with Crippen LogP contribution >= 0.6 is 0 Å². The molecule has 0 aliphatic carbocycles. The molecule has 3 N–H and O–H groups in total.